The number of aliphatic imine (C=N–C) groups is 1. The number of methoxy groups -OCH3 is 1. The zero-order valence-corrected chi connectivity index (χ0v) is 16.6. The molecule has 0 bridgehead atoms. The first-order chi connectivity index (χ1) is 14.3. The summed E-state index contributed by atoms with van der Waals surface area (Å²) < 4.78 is 59.1. The van der Waals surface area contributed by atoms with Crippen LogP contribution in [0.3, 0.4) is 0 Å². The lowest BCUT2D eigenvalue weighted by Gasteiger charge is -2.35. The van der Waals surface area contributed by atoms with Crippen LogP contribution < -0.4 is 0 Å². The van der Waals surface area contributed by atoms with E-state index in [1.165, 1.54) is 19.2 Å². The van der Waals surface area contributed by atoms with Crippen LogP contribution in [-0.2, 0) is 4.74 Å². The number of ether oxygens (including phenoxy) is 1. The second-order valence-corrected chi connectivity index (χ2v) is 7.09. The highest BCUT2D eigenvalue weighted by atomic mass is 19.2. The van der Waals surface area contributed by atoms with Gasteiger partial charge in [0.2, 0.25) is 0 Å². The van der Waals surface area contributed by atoms with Crippen LogP contribution >= 0.6 is 0 Å². The van der Waals surface area contributed by atoms with Crippen LogP contribution in [-0.4, -0.2) is 31.0 Å². The fraction of sp³-hybridized carbons (Fsp3) is 0.261. The zero-order chi connectivity index (χ0) is 21.8. The van der Waals surface area contributed by atoms with E-state index in [1.807, 2.05) is 4.90 Å². The summed E-state index contributed by atoms with van der Waals surface area (Å²) in [4.78, 5) is 6.35. The second-order valence-electron chi connectivity index (χ2n) is 7.09. The molecule has 0 spiro atoms. The van der Waals surface area contributed by atoms with E-state index in [2.05, 4.69) is 18.2 Å². The molecule has 1 aliphatic heterocycles. The third-order valence-corrected chi connectivity index (χ3v) is 5.10. The summed E-state index contributed by atoms with van der Waals surface area (Å²) >= 11 is 0. The van der Waals surface area contributed by atoms with Crippen LogP contribution in [0.25, 0.3) is 11.4 Å². The summed E-state index contributed by atoms with van der Waals surface area (Å²) in [5.41, 5.74) is 1.68. The molecule has 0 N–H and O–H groups in total. The van der Waals surface area contributed by atoms with Gasteiger partial charge in [-0.25, -0.2) is 22.6 Å². The van der Waals surface area contributed by atoms with E-state index >= 15 is 0 Å². The zero-order valence-electron chi connectivity index (χ0n) is 16.6. The average molecular weight is 418 g/mol. The number of nitrogens with zero attached hydrogens (tertiary/aromatic N) is 2. The van der Waals surface area contributed by atoms with Crippen LogP contribution in [0.5, 0.6) is 0 Å². The maximum Gasteiger partial charge on any atom is 0.194 e. The van der Waals surface area contributed by atoms with E-state index in [1.54, 1.807) is 12.1 Å². The number of likely N-dealkylation sites (tertiary alicyclic amines) is 1. The molecule has 158 valence electrons. The molecular weight excluding hydrogens is 396 g/mol. The Hall–Kier alpha value is -3.09. The topological polar surface area (TPSA) is 24.8 Å². The molecule has 3 rings (SSSR count). The summed E-state index contributed by atoms with van der Waals surface area (Å²) in [6, 6.07) is 7.70. The molecule has 2 aromatic carbocycles. The van der Waals surface area contributed by atoms with Crippen molar-refractivity contribution in [2.45, 2.75) is 12.8 Å². The van der Waals surface area contributed by atoms with Gasteiger partial charge in [0.15, 0.2) is 23.3 Å². The Bertz CT molecular complexity index is 962. The summed E-state index contributed by atoms with van der Waals surface area (Å²) in [5.74, 6) is -4.01. The van der Waals surface area contributed by atoms with Gasteiger partial charge >= 0.3 is 0 Å². The van der Waals surface area contributed by atoms with Gasteiger partial charge in [0, 0.05) is 24.4 Å². The molecule has 1 aliphatic rings. The van der Waals surface area contributed by atoms with Gasteiger partial charge in [-0.2, -0.15) is 0 Å². The minimum absolute atomic E-state index is 0.104. The summed E-state index contributed by atoms with van der Waals surface area (Å²) in [6.07, 6.45) is 1.57. The fourth-order valence-electron chi connectivity index (χ4n) is 3.47. The standard InChI is InChI=1S/C23H22F4N2O/c1-14(16-6-8-19(24)9-7-16)28-23(30-3)17-5-4-10-29(13-17)15(2)18-11-20(25)22(27)21(26)12-18/h6-9,11-12,17H,1-2,4-5,10,13H2,3H3/t17-/m0/s1. The van der Waals surface area contributed by atoms with Crippen molar-refractivity contribution < 1.29 is 22.3 Å². The Morgan fingerprint density at radius 3 is 2.27 bits per heavy atom. The predicted octanol–water partition coefficient (Wildman–Crippen LogP) is 5.64. The molecule has 0 saturated carbocycles. The van der Waals surface area contributed by atoms with Gasteiger partial charge in [-0.05, 0) is 54.8 Å². The normalized spacial score (nSPS) is 17.0. The molecule has 1 saturated heterocycles. The van der Waals surface area contributed by atoms with Crippen LogP contribution in [0.1, 0.15) is 24.0 Å². The number of halogens is 4. The molecule has 1 heterocycles. The Morgan fingerprint density at radius 1 is 1.03 bits per heavy atom. The van der Waals surface area contributed by atoms with E-state index in [4.69, 9.17) is 4.74 Å². The lowest BCUT2D eigenvalue weighted by molar-refractivity contribution is 0.257. The molecule has 0 aliphatic carbocycles. The van der Waals surface area contributed by atoms with E-state index in [-0.39, 0.29) is 17.3 Å². The molecule has 0 aromatic heterocycles. The highest BCUT2D eigenvalue weighted by molar-refractivity contribution is 5.85. The minimum atomic E-state index is -1.50. The maximum atomic E-state index is 13.6. The monoisotopic (exact) mass is 418 g/mol. The lowest BCUT2D eigenvalue weighted by atomic mass is 9.96. The highest BCUT2D eigenvalue weighted by Crippen LogP contribution is 2.28. The van der Waals surface area contributed by atoms with Gasteiger partial charge < -0.3 is 9.64 Å². The SMILES string of the molecule is C=C(N=C(OC)[C@H]1CCCN(C(=C)c2cc(F)c(F)c(F)c2)C1)c1ccc(F)cc1. The van der Waals surface area contributed by atoms with Crippen molar-refractivity contribution in [3.05, 3.63) is 84.0 Å². The smallest absolute Gasteiger partial charge is 0.194 e. The van der Waals surface area contributed by atoms with Crippen molar-refractivity contribution >= 4 is 17.3 Å². The Morgan fingerprint density at radius 2 is 1.67 bits per heavy atom. The second kappa shape index (κ2) is 9.15. The van der Waals surface area contributed by atoms with Crippen molar-refractivity contribution in [2.75, 3.05) is 20.2 Å². The van der Waals surface area contributed by atoms with Gasteiger partial charge in [-0.3, -0.25) is 0 Å². The summed E-state index contributed by atoms with van der Waals surface area (Å²) in [6.45, 7) is 8.95. The fourth-order valence-corrected chi connectivity index (χ4v) is 3.47. The Balaban J connectivity index is 1.77. The molecule has 1 fully saturated rings. The largest absolute Gasteiger partial charge is 0.484 e. The Labute approximate surface area is 173 Å². The first-order valence-electron chi connectivity index (χ1n) is 9.46. The molecule has 7 heteroatoms. The molecule has 30 heavy (non-hydrogen) atoms. The van der Waals surface area contributed by atoms with E-state index in [9.17, 15) is 17.6 Å². The van der Waals surface area contributed by atoms with Gasteiger partial charge in [-0.15, -0.1) is 0 Å². The van der Waals surface area contributed by atoms with Gasteiger partial charge in [-0.1, -0.05) is 13.2 Å². The highest BCUT2D eigenvalue weighted by Gasteiger charge is 2.27. The van der Waals surface area contributed by atoms with E-state index in [0.717, 1.165) is 25.0 Å². The molecule has 0 amide bonds. The first-order valence-corrected chi connectivity index (χ1v) is 9.46. The molecular formula is C23H22F4N2O. The summed E-state index contributed by atoms with van der Waals surface area (Å²) in [5, 5.41) is 0. The van der Waals surface area contributed by atoms with E-state index in [0.29, 0.717) is 35.9 Å². The van der Waals surface area contributed by atoms with Gasteiger partial charge in [0.1, 0.15) is 5.82 Å². The van der Waals surface area contributed by atoms with Crippen LogP contribution in [0.4, 0.5) is 17.6 Å². The Kier molecular flexibility index (Phi) is 6.59. The molecule has 0 radical (unpaired) electrons. The van der Waals surface area contributed by atoms with Crippen molar-refractivity contribution in [3.63, 3.8) is 0 Å². The number of rotatable bonds is 5. The number of hydrogen-bond acceptors (Lipinski definition) is 3. The van der Waals surface area contributed by atoms with Gasteiger partial charge in [0.05, 0.1) is 18.7 Å². The van der Waals surface area contributed by atoms with Crippen LogP contribution in [0.15, 0.2) is 54.5 Å². The third-order valence-electron chi connectivity index (χ3n) is 5.10. The number of benzene rings is 2. The predicted molar refractivity (Wildman–Crippen MR) is 110 cm³/mol. The average Bonchev–Trinajstić information content (AvgIpc) is 2.75. The van der Waals surface area contributed by atoms with Crippen LogP contribution in [0, 0.1) is 29.2 Å². The van der Waals surface area contributed by atoms with Crippen molar-refractivity contribution in [2.24, 2.45) is 10.9 Å². The van der Waals surface area contributed by atoms with Gasteiger partial charge in [0.25, 0.3) is 0 Å². The molecule has 2 aromatic rings. The molecule has 3 nitrogen and oxygen atoms in total. The summed E-state index contributed by atoms with van der Waals surface area (Å²) in [7, 11) is 1.51. The van der Waals surface area contributed by atoms with E-state index < -0.39 is 17.5 Å². The molecule has 0 unspecified atom stereocenters. The molecule has 1 atom stereocenters. The number of piperidine rings is 1. The minimum Gasteiger partial charge on any atom is -0.484 e. The lowest BCUT2D eigenvalue weighted by Crippen LogP contribution is -2.38. The third kappa shape index (κ3) is 4.72. The van der Waals surface area contributed by atoms with Crippen LogP contribution in [0.2, 0.25) is 0 Å². The van der Waals surface area contributed by atoms with Crippen molar-refractivity contribution in [1.29, 1.82) is 0 Å². The maximum absolute atomic E-state index is 13.6. The quantitative estimate of drug-likeness (QED) is 0.272. The van der Waals surface area contributed by atoms with Crippen molar-refractivity contribution in [3.8, 4) is 0 Å². The number of hydrogen-bond donors (Lipinski definition) is 0. The first kappa shape index (κ1) is 21.6. The van der Waals surface area contributed by atoms with Crippen molar-refractivity contribution in [1.82, 2.24) is 4.90 Å².